The zero-order valence-corrected chi connectivity index (χ0v) is 12.6. The van der Waals surface area contributed by atoms with E-state index in [4.69, 9.17) is 0 Å². The molecular weight excluding hydrogens is 256 g/mol. The first-order valence-electron chi connectivity index (χ1n) is 7.98. The third-order valence-corrected chi connectivity index (χ3v) is 4.67. The Morgan fingerprint density at radius 2 is 1.86 bits per heavy atom. The molecule has 1 saturated carbocycles. The molecule has 0 bridgehead atoms. The number of carbonyl (C=O) groups excluding carboxylic acids is 1. The van der Waals surface area contributed by atoms with Gasteiger partial charge < -0.3 is 0 Å². The van der Waals surface area contributed by atoms with Gasteiger partial charge in [0.05, 0.1) is 0 Å². The van der Waals surface area contributed by atoms with E-state index >= 15 is 0 Å². The molecule has 0 amide bonds. The first kappa shape index (κ1) is 14.1. The van der Waals surface area contributed by atoms with Gasteiger partial charge in [-0.25, -0.2) is 0 Å². The van der Waals surface area contributed by atoms with Crippen LogP contribution < -0.4 is 0 Å². The highest BCUT2D eigenvalue weighted by Crippen LogP contribution is 2.37. The number of carbonyl (C=O) groups is 1. The maximum Gasteiger partial charge on any atom is 0.170 e. The molecular formula is C20H22O. The van der Waals surface area contributed by atoms with Crippen molar-refractivity contribution in [3.8, 4) is 0 Å². The van der Waals surface area contributed by atoms with Crippen LogP contribution in [0.15, 0.2) is 54.6 Å². The number of benzene rings is 2. The number of ketones is 1. The molecule has 3 rings (SSSR count). The summed E-state index contributed by atoms with van der Waals surface area (Å²) in [4.78, 5) is 12.9. The fourth-order valence-electron chi connectivity index (χ4n) is 3.15. The molecule has 0 spiro atoms. The summed E-state index contributed by atoms with van der Waals surface area (Å²) in [7, 11) is 0. The second-order valence-electron chi connectivity index (χ2n) is 5.99. The van der Waals surface area contributed by atoms with Crippen LogP contribution in [0.25, 0.3) is 0 Å². The minimum absolute atomic E-state index is 0.0251. The SMILES string of the molecule is CCC(C(=O)c1cccc(C2CCC2)c1)c1ccccc1. The average Bonchev–Trinajstić information content (AvgIpc) is 2.47. The zero-order chi connectivity index (χ0) is 14.7. The predicted octanol–water partition coefficient (Wildman–Crippen LogP) is 5.33. The molecule has 0 aliphatic heterocycles. The van der Waals surface area contributed by atoms with E-state index in [-0.39, 0.29) is 11.7 Å². The molecule has 0 heterocycles. The third-order valence-electron chi connectivity index (χ3n) is 4.67. The highest BCUT2D eigenvalue weighted by Gasteiger charge is 2.23. The molecule has 1 aliphatic carbocycles. The Kier molecular flexibility index (Phi) is 4.19. The van der Waals surface area contributed by atoms with Crippen LogP contribution in [0, 0.1) is 0 Å². The van der Waals surface area contributed by atoms with Crippen LogP contribution in [0.3, 0.4) is 0 Å². The third kappa shape index (κ3) is 2.92. The monoisotopic (exact) mass is 278 g/mol. The van der Waals surface area contributed by atoms with Crippen molar-refractivity contribution in [3.05, 3.63) is 71.3 Å². The quantitative estimate of drug-likeness (QED) is 0.675. The van der Waals surface area contributed by atoms with Gasteiger partial charge >= 0.3 is 0 Å². The molecule has 1 nitrogen and oxygen atoms in total. The Labute approximate surface area is 127 Å². The second-order valence-corrected chi connectivity index (χ2v) is 5.99. The number of hydrogen-bond acceptors (Lipinski definition) is 1. The molecule has 1 unspecified atom stereocenters. The van der Waals surface area contributed by atoms with Crippen LogP contribution in [-0.2, 0) is 0 Å². The molecule has 1 fully saturated rings. The minimum atomic E-state index is -0.0251. The molecule has 0 N–H and O–H groups in total. The highest BCUT2D eigenvalue weighted by molar-refractivity contribution is 6.01. The fraction of sp³-hybridized carbons (Fsp3) is 0.350. The summed E-state index contributed by atoms with van der Waals surface area (Å²) >= 11 is 0. The van der Waals surface area contributed by atoms with Crippen molar-refractivity contribution in [2.45, 2.75) is 44.4 Å². The van der Waals surface area contributed by atoms with Gasteiger partial charge in [-0.3, -0.25) is 4.79 Å². The van der Waals surface area contributed by atoms with Crippen molar-refractivity contribution >= 4 is 5.78 Å². The molecule has 2 aromatic rings. The van der Waals surface area contributed by atoms with E-state index in [1.807, 2.05) is 30.3 Å². The topological polar surface area (TPSA) is 17.1 Å². The summed E-state index contributed by atoms with van der Waals surface area (Å²) in [6.45, 7) is 2.09. The van der Waals surface area contributed by atoms with Gasteiger partial charge in [-0.15, -0.1) is 0 Å². The molecule has 0 aromatic heterocycles. The molecule has 108 valence electrons. The van der Waals surface area contributed by atoms with E-state index < -0.39 is 0 Å². The summed E-state index contributed by atoms with van der Waals surface area (Å²) < 4.78 is 0. The van der Waals surface area contributed by atoms with Crippen LogP contribution in [-0.4, -0.2) is 5.78 Å². The maximum absolute atomic E-state index is 12.9. The van der Waals surface area contributed by atoms with Crippen molar-refractivity contribution < 1.29 is 4.79 Å². The van der Waals surface area contributed by atoms with Crippen molar-refractivity contribution in [2.75, 3.05) is 0 Å². The van der Waals surface area contributed by atoms with Crippen LogP contribution in [0.4, 0.5) is 0 Å². The summed E-state index contributed by atoms with van der Waals surface area (Å²) in [6, 6.07) is 18.4. The summed E-state index contributed by atoms with van der Waals surface area (Å²) in [5.74, 6) is 0.905. The van der Waals surface area contributed by atoms with Gasteiger partial charge in [-0.1, -0.05) is 61.9 Å². The first-order valence-corrected chi connectivity index (χ1v) is 7.98. The van der Waals surface area contributed by atoms with Crippen LogP contribution in [0.5, 0.6) is 0 Å². The molecule has 1 aliphatic rings. The molecule has 2 aromatic carbocycles. The zero-order valence-electron chi connectivity index (χ0n) is 12.6. The maximum atomic E-state index is 12.9. The lowest BCUT2D eigenvalue weighted by atomic mass is 9.79. The largest absolute Gasteiger partial charge is 0.293 e. The van der Waals surface area contributed by atoms with Gasteiger partial charge in [0.15, 0.2) is 5.78 Å². The Bertz CT molecular complexity index is 611. The number of hydrogen-bond donors (Lipinski definition) is 0. The van der Waals surface area contributed by atoms with Gasteiger partial charge in [0.25, 0.3) is 0 Å². The van der Waals surface area contributed by atoms with E-state index in [9.17, 15) is 4.79 Å². The lowest BCUT2D eigenvalue weighted by molar-refractivity contribution is 0.0957. The van der Waals surface area contributed by atoms with Crippen molar-refractivity contribution in [2.24, 2.45) is 0 Å². The van der Waals surface area contributed by atoms with Crippen molar-refractivity contribution in [1.29, 1.82) is 0 Å². The molecule has 1 atom stereocenters. The van der Waals surface area contributed by atoms with Crippen molar-refractivity contribution in [3.63, 3.8) is 0 Å². The van der Waals surface area contributed by atoms with E-state index in [0.29, 0.717) is 5.92 Å². The van der Waals surface area contributed by atoms with Gasteiger partial charge in [0.1, 0.15) is 0 Å². The Morgan fingerprint density at radius 1 is 1.10 bits per heavy atom. The Morgan fingerprint density at radius 3 is 2.48 bits per heavy atom. The number of rotatable bonds is 5. The smallest absolute Gasteiger partial charge is 0.170 e. The summed E-state index contributed by atoms with van der Waals surface area (Å²) in [6.07, 6.45) is 4.71. The molecule has 21 heavy (non-hydrogen) atoms. The Balaban J connectivity index is 1.86. The van der Waals surface area contributed by atoms with Gasteiger partial charge in [-0.2, -0.15) is 0 Å². The highest BCUT2D eigenvalue weighted by atomic mass is 16.1. The van der Waals surface area contributed by atoms with E-state index in [1.54, 1.807) is 0 Å². The van der Waals surface area contributed by atoms with Gasteiger partial charge in [0, 0.05) is 11.5 Å². The lowest BCUT2D eigenvalue weighted by Gasteiger charge is -2.26. The predicted molar refractivity (Wildman–Crippen MR) is 86.8 cm³/mol. The second kappa shape index (κ2) is 6.26. The van der Waals surface area contributed by atoms with Crippen LogP contribution >= 0.6 is 0 Å². The van der Waals surface area contributed by atoms with E-state index in [1.165, 1.54) is 24.8 Å². The average molecular weight is 278 g/mol. The summed E-state index contributed by atoms with van der Waals surface area (Å²) in [5, 5.41) is 0. The fourth-order valence-corrected chi connectivity index (χ4v) is 3.15. The first-order chi connectivity index (χ1) is 10.3. The minimum Gasteiger partial charge on any atom is -0.293 e. The normalized spacial score (nSPS) is 16.2. The number of Topliss-reactive ketones (excluding diaryl/α,β-unsaturated/α-hetero) is 1. The summed E-state index contributed by atoms with van der Waals surface area (Å²) in [5.41, 5.74) is 3.34. The van der Waals surface area contributed by atoms with E-state index in [2.05, 4.69) is 31.2 Å². The van der Waals surface area contributed by atoms with E-state index in [0.717, 1.165) is 17.5 Å². The van der Waals surface area contributed by atoms with Crippen LogP contribution in [0.1, 0.15) is 65.9 Å². The van der Waals surface area contributed by atoms with Crippen molar-refractivity contribution in [1.82, 2.24) is 0 Å². The molecule has 1 heteroatoms. The Hall–Kier alpha value is -1.89. The van der Waals surface area contributed by atoms with Gasteiger partial charge in [-0.05, 0) is 42.4 Å². The molecule has 0 saturated heterocycles. The lowest BCUT2D eigenvalue weighted by Crippen LogP contribution is -2.14. The van der Waals surface area contributed by atoms with Gasteiger partial charge in [0.2, 0.25) is 0 Å². The standard InChI is InChI=1S/C20H22O/c1-2-19(16-8-4-3-5-9-16)20(21)18-13-7-12-17(14-18)15-10-6-11-15/h3-5,7-9,12-15,19H,2,6,10-11H2,1H3. The molecule has 0 radical (unpaired) electrons. The van der Waals surface area contributed by atoms with Crippen LogP contribution in [0.2, 0.25) is 0 Å².